The van der Waals surface area contributed by atoms with Gasteiger partial charge in [-0.2, -0.15) is 0 Å². The van der Waals surface area contributed by atoms with Crippen molar-refractivity contribution >= 4 is 29.2 Å². The fourth-order valence-electron chi connectivity index (χ4n) is 3.30. The van der Waals surface area contributed by atoms with E-state index in [4.69, 9.17) is 4.74 Å². The number of amides is 2. The molecule has 1 aliphatic heterocycles. The Hall–Kier alpha value is -3.55. The number of benzene rings is 2. The first kappa shape index (κ1) is 21.2. The molecule has 1 heterocycles. The summed E-state index contributed by atoms with van der Waals surface area (Å²) in [4.78, 5) is 39.2. The van der Waals surface area contributed by atoms with Crippen LogP contribution < -0.4 is 10.2 Å². The summed E-state index contributed by atoms with van der Waals surface area (Å²) in [5.41, 5.74) is 1.06. The molecule has 2 aromatic carbocycles. The van der Waals surface area contributed by atoms with Crippen molar-refractivity contribution in [2.75, 3.05) is 16.8 Å². The highest BCUT2D eigenvalue weighted by Crippen LogP contribution is 2.33. The molecule has 1 fully saturated rings. The average Bonchev–Trinajstić information content (AvgIpc) is 2.99. The van der Waals surface area contributed by atoms with Crippen molar-refractivity contribution in [1.29, 1.82) is 0 Å². The molecule has 0 saturated carbocycles. The number of esters is 1. The van der Waals surface area contributed by atoms with Crippen LogP contribution >= 0.6 is 0 Å². The van der Waals surface area contributed by atoms with Crippen LogP contribution in [-0.2, 0) is 19.1 Å². The number of rotatable bonds is 6. The second kappa shape index (κ2) is 8.86. The molecule has 2 amide bonds. The van der Waals surface area contributed by atoms with Gasteiger partial charge in [-0.05, 0) is 62.4 Å². The van der Waals surface area contributed by atoms with Crippen LogP contribution in [0.3, 0.4) is 0 Å². The molecule has 0 radical (unpaired) electrons. The molecule has 1 N–H and O–H groups in total. The lowest BCUT2D eigenvalue weighted by molar-refractivity contribution is -0.140. The topological polar surface area (TPSA) is 75.7 Å². The van der Waals surface area contributed by atoms with E-state index < -0.39 is 35.3 Å². The van der Waals surface area contributed by atoms with Crippen molar-refractivity contribution < 1.29 is 27.9 Å². The fourth-order valence-corrected chi connectivity index (χ4v) is 3.30. The summed E-state index contributed by atoms with van der Waals surface area (Å²) in [6.45, 7) is 3.29. The SMILES string of the molecule is CCOC(=O)/C(=C(/C)Nc1ccc(F)cc1)C1CC(=O)N(c2ccc(F)cc2)C1=O. The second-order valence-electron chi connectivity index (χ2n) is 6.69. The lowest BCUT2D eigenvalue weighted by atomic mass is 9.95. The fraction of sp³-hybridized carbons (Fsp3) is 0.227. The third-order valence-electron chi connectivity index (χ3n) is 4.66. The second-order valence-corrected chi connectivity index (χ2v) is 6.69. The monoisotopic (exact) mass is 414 g/mol. The molecule has 2 aromatic rings. The minimum Gasteiger partial charge on any atom is -0.463 e. The Bertz CT molecular complexity index is 1000. The van der Waals surface area contributed by atoms with Gasteiger partial charge in [-0.1, -0.05) is 0 Å². The van der Waals surface area contributed by atoms with Crippen molar-refractivity contribution in [3.8, 4) is 0 Å². The predicted octanol–water partition coefficient (Wildman–Crippen LogP) is 3.79. The van der Waals surface area contributed by atoms with E-state index in [1.54, 1.807) is 13.8 Å². The van der Waals surface area contributed by atoms with E-state index in [0.29, 0.717) is 11.4 Å². The van der Waals surface area contributed by atoms with Crippen molar-refractivity contribution in [1.82, 2.24) is 0 Å². The molecule has 30 heavy (non-hydrogen) atoms. The van der Waals surface area contributed by atoms with Crippen molar-refractivity contribution in [2.24, 2.45) is 5.92 Å². The first-order valence-electron chi connectivity index (χ1n) is 9.34. The quantitative estimate of drug-likeness (QED) is 0.442. The molecule has 1 atom stereocenters. The van der Waals surface area contributed by atoms with Crippen LogP contribution in [0.25, 0.3) is 0 Å². The van der Waals surface area contributed by atoms with Gasteiger partial charge in [0.05, 0.1) is 23.8 Å². The zero-order chi connectivity index (χ0) is 21.8. The number of ether oxygens (including phenoxy) is 1. The van der Waals surface area contributed by atoms with Crippen LogP contribution in [0.1, 0.15) is 20.3 Å². The number of hydrogen-bond acceptors (Lipinski definition) is 5. The maximum Gasteiger partial charge on any atom is 0.336 e. The first-order valence-corrected chi connectivity index (χ1v) is 9.34. The summed E-state index contributed by atoms with van der Waals surface area (Å²) >= 11 is 0. The maximum atomic E-state index is 13.2. The molecule has 0 bridgehead atoms. The molecule has 1 unspecified atom stereocenters. The van der Waals surface area contributed by atoms with E-state index in [2.05, 4.69) is 5.32 Å². The Labute approximate surface area is 172 Å². The zero-order valence-electron chi connectivity index (χ0n) is 16.4. The third kappa shape index (κ3) is 4.37. The van der Waals surface area contributed by atoms with Gasteiger partial charge in [0, 0.05) is 17.8 Å². The number of anilines is 2. The van der Waals surface area contributed by atoms with E-state index in [9.17, 15) is 23.2 Å². The highest BCUT2D eigenvalue weighted by atomic mass is 19.1. The smallest absolute Gasteiger partial charge is 0.336 e. The molecule has 0 spiro atoms. The van der Waals surface area contributed by atoms with Gasteiger partial charge >= 0.3 is 5.97 Å². The molecular formula is C22H20F2N2O4. The van der Waals surface area contributed by atoms with Gasteiger partial charge < -0.3 is 10.1 Å². The van der Waals surface area contributed by atoms with Crippen LogP contribution in [0, 0.1) is 17.6 Å². The minimum absolute atomic E-state index is 0.0177. The summed E-state index contributed by atoms with van der Waals surface area (Å²) in [6.07, 6.45) is -0.229. The number of nitrogens with one attached hydrogen (secondary N) is 1. The minimum atomic E-state index is -1.06. The van der Waals surface area contributed by atoms with Crippen LogP contribution in [0.4, 0.5) is 20.2 Å². The number of imide groups is 1. The first-order chi connectivity index (χ1) is 14.3. The number of hydrogen-bond donors (Lipinski definition) is 1. The average molecular weight is 414 g/mol. The van der Waals surface area contributed by atoms with Gasteiger partial charge in [0.1, 0.15) is 11.6 Å². The standard InChI is InChI=1S/C22H20F2N2O4/c1-3-30-22(29)20(13(2)25-16-8-4-14(23)5-9-16)18-12-19(27)26(21(18)28)17-10-6-15(24)7-11-17/h4-11,18,25H,3,12H2,1-2H3/b20-13-. The maximum absolute atomic E-state index is 13.2. The molecule has 0 aromatic heterocycles. The number of allylic oxidation sites excluding steroid dienone is 1. The largest absolute Gasteiger partial charge is 0.463 e. The van der Waals surface area contributed by atoms with Gasteiger partial charge in [-0.3, -0.25) is 9.59 Å². The molecule has 1 saturated heterocycles. The van der Waals surface area contributed by atoms with Gasteiger partial charge in [0.2, 0.25) is 11.8 Å². The summed E-state index contributed by atoms with van der Waals surface area (Å²) in [7, 11) is 0. The van der Waals surface area contributed by atoms with Crippen LogP contribution in [-0.4, -0.2) is 24.4 Å². The predicted molar refractivity (Wildman–Crippen MR) is 106 cm³/mol. The molecule has 0 aliphatic carbocycles. The van der Waals surface area contributed by atoms with Crippen molar-refractivity contribution in [3.05, 3.63) is 71.4 Å². The summed E-state index contributed by atoms with van der Waals surface area (Å²) < 4.78 is 31.5. The van der Waals surface area contributed by atoms with Crippen LogP contribution in [0.2, 0.25) is 0 Å². The Morgan fingerprint density at radius 2 is 1.63 bits per heavy atom. The lowest BCUT2D eigenvalue weighted by Crippen LogP contribution is -2.32. The van der Waals surface area contributed by atoms with Crippen molar-refractivity contribution in [3.63, 3.8) is 0 Å². The summed E-state index contributed by atoms with van der Waals surface area (Å²) in [5, 5.41) is 2.96. The van der Waals surface area contributed by atoms with E-state index >= 15 is 0 Å². The van der Waals surface area contributed by atoms with Crippen molar-refractivity contribution in [2.45, 2.75) is 20.3 Å². The van der Waals surface area contributed by atoms with E-state index in [1.807, 2.05) is 0 Å². The Kier molecular flexibility index (Phi) is 6.25. The number of halogens is 2. The molecule has 3 rings (SSSR count). The lowest BCUT2D eigenvalue weighted by Gasteiger charge is -2.18. The molecular weight excluding hydrogens is 394 g/mol. The number of carbonyl (C=O) groups is 3. The molecule has 8 heteroatoms. The molecule has 1 aliphatic rings. The highest BCUT2D eigenvalue weighted by Gasteiger charge is 2.44. The number of carbonyl (C=O) groups excluding carboxylic acids is 3. The van der Waals surface area contributed by atoms with Gasteiger partial charge in [0.25, 0.3) is 0 Å². The van der Waals surface area contributed by atoms with E-state index in [-0.39, 0.29) is 24.3 Å². The van der Waals surface area contributed by atoms with Gasteiger partial charge in [0.15, 0.2) is 0 Å². The van der Waals surface area contributed by atoms with E-state index in [1.165, 1.54) is 36.4 Å². The highest BCUT2D eigenvalue weighted by molar-refractivity contribution is 6.23. The number of nitrogens with zero attached hydrogens (tertiary/aromatic N) is 1. The van der Waals surface area contributed by atoms with E-state index in [0.717, 1.165) is 17.0 Å². The Morgan fingerprint density at radius 3 is 2.20 bits per heavy atom. The normalized spacial score (nSPS) is 17.1. The molecule has 156 valence electrons. The van der Waals surface area contributed by atoms with Crippen LogP contribution in [0.15, 0.2) is 59.8 Å². The summed E-state index contributed by atoms with van der Waals surface area (Å²) in [6, 6.07) is 10.4. The zero-order valence-corrected chi connectivity index (χ0v) is 16.4. The molecule has 6 nitrogen and oxygen atoms in total. The summed E-state index contributed by atoms with van der Waals surface area (Å²) in [5.74, 6) is -3.81. The van der Waals surface area contributed by atoms with Gasteiger partial charge in [-0.15, -0.1) is 0 Å². The third-order valence-corrected chi connectivity index (χ3v) is 4.66. The van der Waals surface area contributed by atoms with Crippen LogP contribution in [0.5, 0.6) is 0 Å². The Balaban J connectivity index is 1.96. The Morgan fingerprint density at radius 1 is 1.07 bits per heavy atom. The van der Waals surface area contributed by atoms with Gasteiger partial charge in [-0.25, -0.2) is 18.5 Å².